The summed E-state index contributed by atoms with van der Waals surface area (Å²) in [5, 5.41) is 9.80. The number of nitrogens with zero attached hydrogens (tertiary/aromatic N) is 1. The van der Waals surface area contributed by atoms with Crippen molar-refractivity contribution in [3.8, 4) is 11.5 Å². The molecule has 0 fully saturated rings. The summed E-state index contributed by atoms with van der Waals surface area (Å²) in [6.45, 7) is 4.62. The molecule has 0 radical (unpaired) electrons. The molecule has 1 aromatic rings. The Labute approximate surface area is 145 Å². The largest absolute Gasteiger partial charge is 0.496 e. The Hall–Kier alpha value is -2.70. The van der Waals surface area contributed by atoms with Gasteiger partial charge in [0.2, 0.25) is 0 Å². The number of aliphatic carboxylic acids is 1. The minimum absolute atomic E-state index is 0.129. The van der Waals surface area contributed by atoms with Crippen molar-refractivity contribution < 1.29 is 28.9 Å². The van der Waals surface area contributed by atoms with Gasteiger partial charge in [0, 0.05) is 16.5 Å². The lowest BCUT2D eigenvalue weighted by molar-refractivity contribution is -0.143. The number of benzene rings is 1. The van der Waals surface area contributed by atoms with Crippen molar-refractivity contribution in [2.75, 3.05) is 27.4 Å². The highest BCUT2D eigenvalue weighted by atomic mass is 16.5. The van der Waals surface area contributed by atoms with E-state index in [9.17, 15) is 14.7 Å². The normalized spacial score (nSPS) is 20.6. The fourth-order valence-corrected chi connectivity index (χ4v) is 3.43. The Kier molecular flexibility index (Phi) is 4.10. The summed E-state index contributed by atoms with van der Waals surface area (Å²) in [4.78, 5) is 25.4. The van der Waals surface area contributed by atoms with Crippen molar-refractivity contribution in [2.45, 2.75) is 19.9 Å². The minimum atomic E-state index is -1.21. The van der Waals surface area contributed by atoms with Gasteiger partial charge >= 0.3 is 12.1 Å². The van der Waals surface area contributed by atoms with Crippen LogP contribution in [-0.4, -0.2) is 49.4 Å². The zero-order valence-electron chi connectivity index (χ0n) is 14.7. The van der Waals surface area contributed by atoms with E-state index in [0.29, 0.717) is 29.2 Å². The highest BCUT2D eigenvalue weighted by Crippen LogP contribution is 2.48. The standard InChI is InChI=1S/C18H21NO6/c1-18(2)7-10-8-19(17(22)24-4)15(16(20)21)14-11(23-3)5-6-12(13(10)14)25-9-18/h5-7,15H,8-9H2,1-4H3,(H,20,21). The number of carboxylic acid groups (broad SMARTS) is 1. The second kappa shape index (κ2) is 5.98. The molecule has 1 amide bonds. The molecule has 7 heteroatoms. The third kappa shape index (κ3) is 2.79. The second-order valence-electron chi connectivity index (χ2n) is 6.84. The first kappa shape index (κ1) is 17.1. The zero-order chi connectivity index (χ0) is 18.4. The summed E-state index contributed by atoms with van der Waals surface area (Å²) in [7, 11) is 2.71. The summed E-state index contributed by atoms with van der Waals surface area (Å²) < 4.78 is 16.1. The van der Waals surface area contributed by atoms with Crippen LogP contribution in [0.25, 0.3) is 5.57 Å². The Morgan fingerprint density at radius 2 is 2.04 bits per heavy atom. The monoisotopic (exact) mass is 347 g/mol. The van der Waals surface area contributed by atoms with Crippen LogP contribution in [0.15, 0.2) is 18.2 Å². The van der Waals surface area contributed by atoms with Gasteiger partial charge < -0.3 is 19.3 Å². The van der Waals surface area contributed by atoms with Crippen LogP contribution in [0.5, 0.6) is 11.5 Å². The van der Waals surface area contributed by atoms with Crippen LogP contribution >= 0.6 is 0 Å². The van der Waals surface area contributed by atoms with Gasteiger partial charge in [0.1, 0.15) is 11.5 Å². The molecule has 25 heavy (non-hydrogen) atoms. The van der Waals surface area contributed by atoms with Crippen molar-refractivity contribution in [3.63, 3.8) is 0 Å². The Morgan fingerprint density at radius 3 is 2.64 bits per heavy atom. The molecule has 1 atom stereocenters. The molecule has 0 aromatic heterocycles. The first-order valence-electron chi connectivity index (χ1n) is 7.92. The van der Waals surface area contributed by atoms with Crippen LogP contribution in [0.4, 0.5) is 4.79 Å². The Morgan fingerprint density at radius 1 is 1.32 bits per heavy atom. The SMILES string of the molecule is COC(=O)N1CC2=CC(C)(C)COc3ccc(OC)c(c32)C1C(=O)O. The molecule has 0 aliphatic carbocycles. The van der Waals surface area contributed by atoms with Gasteiger partial charge in [-0.15, -0.1) is 0 Å². The lowest BCUT2D eigenvalue weighted by Crippen LogP contribution is -2.43. The van der Waals surface area contributed by atoms with E-state index in [1.165, 1.54) is 19.1 Å². The molecule has 0 spiro atoms. The molecular formula is C18H21NO6. The number of amides is 1. The van der Waals surface area contributed by atoms with E-state index >= 15 is 0 Å². The van der Waals surface area contributed by atoms with E-state index in [1.54, 1.807) is 12.1 Å². The summed E-state index contributed by atoms with van der Waals surface area (Å²) in [6, 6.07) is 2.24. The smallest absolute Gasteiger partial charge is 0.410 e. The van der Waals surface area contributed by atoms with E-state index in [4.69, 9.17) is 14.2 Å². The summed E-state index contributed by atoms with van der Waals surface area (Å²) in [6.07, 6.45) is 1.32. The molecule has 0 saturated heterocycles. The average Bonchev–Trinajstić information content (AvgIpc) is 2.70. The quantitative estimate of drug-likeness (QED) is 0.885. The van der Waals surface area contributed by atoms with Crippen molar-refractivity contribution >= 4 is 17.6 Å². The Bertz CT molecular complexity index is 767. The lowest BCUT2D eigenvalue weighted by Gasteiger charge is -2.36. The second-order valence-corrected chi connectivity index (χ2v) is 6.84. The van der Waals surface area contributed by atoms with Gasteiger partial charge in [0.15, 0.2) is 6.04 Å². The third-order valence-corrected chi connectivity index (χ3v) is 4.44. The van der Waals surface area contributed by atoms with Gasteiger partial charge in [-0.05, 0) is 17.7 Å². The molecule has 3 rings (SSSR count). The zero-order valence-corrected chi connectivity index (χ0v) is 14.7. The number of hydrogen-bond donors (Lipinski definition) is 1. The van der Waals surface area contributed by atoms with Crippen molar-refractivity contribution in [2.24, 2.45) is 5.41 Å². The number of rotatable bonds is 2. The van der Waals surface area contributed by atoms with Gasteiger partial charge in [-0.2, -0.15) is 0 Å². The minimum Gasteiger partial charge on any atom is -0.496 e. The number of ether oxygens (including phenoxy) is 3. The fourth-order valence-electron chi connectivity index (χ4n) is 3.43. The molecule has 7 nitrogen and oxygen atoms in total. The summed E-state index contributed by atoms with van der Waals surface area (Å²) in [5.74, 6) is -0.156. The average molecular weight is 347 g/mol. The Balaban J connectivity index is 2.32. The molecule has 1 aromatic carbocycles. The number of carbonyl (C=O) groups excluding carboxylic acids is 1. The van der Waals surface area contributed by atoms with Crippen LogP contribution < -0.4 is 9.47 Å². The first-order chi connectivity index (χ1) is 11.8. The van der Waals surface area contributed by atoms with Crippen molar-refractivity contribution in [1.82, 2.24) is 4.90 Å². The van der Waals surface area contributed by atoms with Gasteiger partial charge in [0.25, 0.3) is 0 Å². The summed E-state index contributed by atoms with van der Waals surface area (Å²) >= 11 is 0. The highest BCUT2D eigenvalue weighted by molar-refractivity contribution is 5.91. The van der Waals surface area contributed by atoms with Crippen LogP contribution in [0.2, 0.25) is 0 Å². The maximum Gasteiger partial charge on any atom is 0.410 e. The lowest BCUT2D eigenvalue weighted by atomic mass is 9.84. The van der Waals surface area contributed by atoms with E-state index in [-0.39, 0.29) is 12.0 Å². The van der Waals surface area contributed by atoms with Crippen molar-refractivity contribution in [1.29, 1.82) is 0 Å². The maximum atomic E-state index is 12.2. The third-order valence-electron chi connectivity index (χ3n) is 4.44. The molecule has 2 aliphatic heterocycles. The predicted octanol–water partition coefficient (Wildman–Crippen LogP) is 2.70. The molecule has 0 bridgehead atoms. The number of carboxylic acids is 1. The summed E-state index contributed by atoms with van der Waals surface area (Å²) in [5.41, 5.74) is 1.66. The van der Waals surface area contributed by atoms with Gasteiger partial charge in [0.05, 0.1) is 27.4 Å². The topological polar surface area (TPSA) is 85.3 Å². The van der Waals surface area contributed by atoms with Gasteiger partial charge in [-0.1, -0.05) is 19.9 Å². The van der Waals surface area contributed by atoms with Crippen LogP contribution in [0.3, 0.4) is 0 Å². The molecule has 0 saturated carbocycles. The first-order valence-corrected chi connectivity index (χ1v) is 7.92. The molecule has 2 heterocycles. The number of methoxy groups -OCH3 is 2. The molecule has 1 unspecified atom stereocenters. The van der Waals surface area contributed by atoms with E-state index in [2.05, 4.69) is 0 Å². The van der Waals surface area contributed by atoms with Crippen molar-refractivity contribution in [3.05, 3.63) is 29.3 Å². The van der Waals surface area contributed by atoms with Crippen LogP contribution in [-0.2, 0) is 9.53 Å². The maximum absolute atomic E-state index is 12.2. The predicted molar refractivity (Wildman–Crippen MR) is 89.7 cm³/mol. The van der Waals surface area contributed by atoms with E-state index < -0.39 is 18.1 Å². The molecule has 134 valence electrons. The molecule has 1 N–H and O–H groups in total. The van der Waals surface area contributed by atoms with Crippen LogP contribution in [0.1, 0.15) is 31.0 Å². The number of hydrogen-bond acceptors (Lipinski definition) is 5. The molecular weight excluding hydrogens is 326 g/mol. The van der Waals surface area contributed by atoms with E-state index in [1.807, 2.05) is 19.9 Å². The van der Waals surface area contributed by atoms with Gasteiger partial charge in [-0.3, -0.25) is 4.90 Å². The fraction of sp³-hybridized carbons (Fsp3) is 0.444. The highest BCUT2D eigenvalue weighted by Gasteiger charge is 2.43. The van der Waals surface area contributed by atoms with Crippen LogP contribution in [0, 0.1) is 5.41 Å². The van der Waals surface area contributed by atoms with E-state index in [0.717, 1.165) is 5.57 Å². The number of carbonyl (C=O) groups is 2. The molecule has 2 aliphatic rings. The van der Waals surface area contributed by atoms with Gasteiger partial charge in [-0.25, -0.2) is 9.59 Å².